The molecule has 3 aromatic rings. The summed E-state index contributed by atoms with van der Waals surface area (Å²) in [6, 6.07) is 13.5. The van der Waals surface area contributed by atoms with Crippen LogP contribution >= 0.6 is 22.9 Å². The molecule has 0 atom stereocenters. The zero-order chi connectivity index (χ0) is 20.6. The van der Waals surface area contributed by atoms with Crippen molar-refractivity contribution in [3.63, 3.8) is 0 Å². The van der Waals surface area contributed by atoms with Crippen LogP contribution < -0.4 is 21.1 Å². The third-order valence-electron chi connectivity index (χ3n) is 3.83. The summed E-state index contributed by atoms with van der Waals surface area (Å²) >= 11 is 7.29. The highest BCUT2D eigenvalue weighted by Crippen LogP contribution is 2.18. The maximum Gasteiger partial charge on any atom is 0.316 e. The number of anilines is 1. The Balaban J connectivity index is 1.43. The number of rotatable bonds is 8. The van der Waals surface area contributed by atoms with Gasteiger partial charge in [0, 0.05) is 22.6 Å². The van der Waals surface area contributed by atoms with Gasteiger partial charge in [-0.25, -0.2) is 9.78 Å². The lowest BCUT2D eigenvalue weighted by molar-refractivity contribution is -0.120. The number of thiazole rings is 1. The number of aromatic nitrogens is 1. The van der Waals surface area contributed by atoms with E-state index in [0.29, 0.717) is 35.3 Å². The fourth-order valence-corrected chi connectivity index (χ4v) is 3.28. The fourth-order valence-electron chi connectivity index (χ4n) is 2.45. The van der Waals surface area contributed by atoms with E-state index in [4.69, 9.17) is 22.1 Å². The van der Waals surface area contributed by atoms with Gasteiger partial charge in [0.1, 0.15) is 17.4 Å². The van der Waals surface area contributed by atoms with Crippen molar-refractivity contribution in [2.45, 2.75) is 19.6 Å². The van der Waals surface area contributed by atoms with Crippen LogP contribution in [-0.4, -0.2) is 16.9 Å². The number of carbonyl (C=O) groups excluding carboxylic acids is 2. The normalized spacial score (nSPS) is 10.4. The highest BCUT2D eigenvalue weighted by Gasteiger charge is 2.09. The molecule has 0 spiro atoms. The number of primary amides is 1. The highest BCUT2D eigenvalue weighted by atomic mass is 35.5. The van der Waals surface area contributed by atoms with E-state index in [2.05, 4.69) is 15.6 Å². The van der Waals surface area contributed by atoms with Gasteiger partial charge in [0.05, 0.1) is 12.1 Å². The van der Waals surface area contributed by atoms with Crippen LogP contribution in [0.2, 0.25) is 5.02 Å². The molecular weight excluding hydrogens is 412 g/mol. The number of hydrogen-bond donors (Lipinski definition) is 3. The van der Waals surface area contributed by atoms with Gasteiger partial charge in [0.25, 0.3) is 0 Å². The van der Waals surface area contributed by atoms with Gasteiger partial charge in [-0.15, -0.1) is 11.3 Å². The molecule has 7 nitrogen and oxygen atoms in total. The van der Waals surface area contributed by atoms with Crippen LogP contribution in [0.1, 0.15) is 16.3 Å². The Kier molecular flexibility index (Phi) is 7.04. The topological polar surface area (TPSA) is 106 Å². The molecule has 0 aliphatic carbocycles. The molecule has 9 heteroatoms. The number of carbonyl (C=O) groups is 2. The van der Waals surface area contributed by atoms with Gasteiger partial charge < -0.3 is 21.1 Å². The van der Waals surface area contributed by atoms with Crippen LogP contribution in [0.5, 0.6) is 5.75 Å². The Bertz CT molecular complexity index is 974. The zero-order valence-corrected chi connectivity index (χ0v) is 16.9. The molecule has 0 aliphatic rings. The van der Waals surface area contributed by atoms with Gasteiger partial charge in [-0.1, -0.05) is 23.7 Å². The van der Waals surface area contributed by atoms with Gasteiger partial charge in [-0.05, 0) is 42.0 Å². The molecule has 0 unspecified atom stereocenters. The molecule has 3 amide bonds. The number of benzene rings is 2. The van der Waals surface area contributed by atoms with Crippen molar-refractivity contribution in [1.29, 1.82) is 0 Å². The summed E-state index contributed by atoms with van der Waals surface area (Å²) in [6.45, 7) is 0.714. The van der Waals surface area contributed by atoms with Gasteiger partial charge >= 0.3 is 6.03 Å². The van der Waals surface area contributed by atoms with Crippen LogP contribution in [0.4, 0.5) is 10.5 Å². The lowest BCUT2D eigenvalue weighted by Gasteiger charge is -2.06. The minimum atomic E-state index is -0.618. The van der Waals surface area contributed by atoms with Crippen molar-refractivity contribution in [2.75, 3.05) is 5.32 Å². The first-order valence-electron chi connectivity index (χ1n) is 8.71. The van der Waals surface area contributed by atoms with Crippen LogP contribution in [-0.2, 0) is 24.4 Å². The number of hydrogen-bond acceptors (Lipinski definition) is 5. The van der Waals surface area contributed by atoms with E-state index in [1.807, 2.05) is 5.38 Å². The van der Waals surface area contributed by atoms with E-state index in [1.165, 1.54) is 11.3 Å². The Labute approximate surface area is 176 Å². The van der Waals surface area contributed by atoms with E-state index in [9.17, 15) is 9.59 Å². The number of nitrogens with one attached hydrogen (secondary N) is 2. The summed E-state index contributed by atoms with van der Waals surface area (Å²) in [5.41, 5.74) is 7.27. The van der Waals surface area contributed by atoms with Crippen molar-refractivity contribution < 1.29 is 14.3 Å². The molecule has 0 bridgehead atoms. The molecule has 0 saturated heterocycles. The molecule has 2 aromatic carbocycles. The van der Waals surface area contributed by atoms with Crippen molar-refractivity contribution in [2.24, 2.45) is 5.73 Å². The molecule has 0 saturated carbocycles. The SMILES string of the molecule is NC(=O)Nc1ccc(CNC(=O)Cc2csc(COc3ccc(Cl)cc3)n2)cc1. The summed E-state index contributed by atoms with van der Waals surface area (Å²) < 4.78 is 5.66. The zero-order valence-electron chi connectivity index (χ0n) is 15.4. The average molecular weight is 431 g/mol. The summed E-state index contributed by atoms with van der Waals surface area (Å²) in [5, 5.41) is 8.63. The van der Waals surface area contributed by atoms with E-state index >= 15 is 0 Å². The van der Waals surface area contributed by atoms with E-state index in [-0.39, 0.29) is 12.3 Å². The molecule has 0 fully saturated rings. The third kappa shape index (κ3) is 6.78. The Morgan fingerprint density at radius 1 is 1.10 bits per heavy atom. The van der Waals surface area contributed by atoms with Crippen molar-refractivity contribution in [3.05, 3.63) is 75.2 Å². The molecule has 3 rings (SSSR count). The molecule has 0 radical (unpaired) electrons. The molecule has 29 heavy (non-hydrogen) atoms. The first-order valence-corrected chi connectivity index (χ1v) is 9.97. The van der Waals surface area contributed by atoms with E-state index in [1.54, 1.807) is 48.5 Å². The summed E-state index contributed by atoms with van der Waals surface area (Å²) in [7, 11) is 0. The monoisotopic (exact) mass is 430 g/mol. The number of halogens is 1. The van der Waals surface area contributed by atoms with Gasteiger partial charge in [0.15, 0.2) is 0 Å². The molecule has 1 heterocycles. The second-order valence-electron chi connectivity index (χ2n) is 6.11. The summed E-state index contributed by atoms with van der Waals surface area (Å²) in [6.07, 6.45) is 0.193. The Hall–Kier alpha value is -3.10. The number of nitrogens with zero attached hydrogens (tertiary/aromatic N) is 1. The molecular formula is C20H19ClN4O3S. The predicted octanol–water partition coefficient (Wildman–Crippen LogP) is 3.73. The quantitative estimate of drug-likeness (QED) is 0.506. The second-order valence-corrected chi connectivity index (χ2v) is 7.49. The summed E-state index contributed by atoms with van der Waals surface area (Å²) in [5.74, 6) is 0.584. The first kappa shape index (κ1) is 20.6. The van der Waals surface area contributed by atoms with Crippen molar-refractivity contribution in [1.82, 2.24) is 10.3 Å². The van der Waals surface area contributed by atoms with Crippen molar-refractivity contribution >= 4 is 40.6 Å². The number of nitrogens with two attached hydrogens (primary N) is 1. The third-order valence-corrected chi connectivity index (χ3v) is 4.95. The maximum absolute atomic E-state index is 12.2. The molecule has 150 valence electrons. The maximum atomic E-state index is 12.2. The average Bonchev–Trinajstić information content (AvgIpc) is 3.14. The number of ether oxygens (including phenoxy) is 1. The van der Waals surface area contributed by atoms with Crippen LogP contribution in [0.15, 0.2) is 53.9 Å². The summed E-state index contributed by atoms with van der Waals surface area (Å²) in [4.78, 5) is 27.4. The first-order chi connectivity index (χ1) is 14.0. The van der Waals surface area contributed by atoms with E-state index in [0.717, 1.165) is 10.6 Å². The lowest BCUT2D eigenvalue weighted by atomic mass is 10.2. The second kappa shape index (κ2) is 9.90. The predicted molar refractivity (Wildman–Crippen MR) is 113 cm³/mol. The lowest BCUT2D eigenvalue weighted by Crippen LogP contribution is -2.24. The van der Waals surface area contributed by atoms with Crippen LogP contribution in [0.25, 0.3) is 0 Å². The van der Waals surface area contributed by atoms with E-state index < -0.39 is 6.03 Å². The molecule has 0 aliphatic heterocycles. The van der Waals surface area contributed by atoms with Gasteiger partial charge in [0.2, 0.25) is 5.91 Å². The minimum Gasteiger partial charge on any atom is -0.486 e. The van der Waals surface area contributed by atoms with Gasteiger partial charge in [-0.3, -0.25) is 4.79 Å². The smallest absolute Gasteiger partial charge is 0.316 e. The van der Waals surface area contributed by atoms with Crippen LogP contribution in [0, 0.1) is 0 Å². The van der Waals surface area contributed by atoms with Crippen LogP contribution in [0.3, 0.4) is 0 Å². The number of urea groups is 1. The highest BCUT2D eigenvalue weighted by molar-refractivity contribution is 7.09. The number of amides is 3. The minimum absolute atomic E-state index is 0.125. The fraction of sp³-hybridized carbons (Fsp3) is 0.150. The molecule has 1 aromatic heterocycles. The van der Waals surface area contributed by atoms with Gasteiger partial charge in [-0.2, -0.15) is 0 Å². The standard InChI is InChI=1S/C20H19ClN4O3S/c21-14-3-7-17(8-4-14)28-11-19-24-16(12-29-19)9-18(26)23-10-13-1-5-15(6-2-13)25-20(22)27/h1-8,12H,9-11H2,(H,23,26)(H3,22,25,27). The Morgan fingerprint density at radius 3 is 2.52 bits per heavy atom. The van der Waals surface area contributed by atoms with Crippen molar-refractivity contribution in [3.8, 4) is 5.75 Å². The molecule has 4 N–H and O–H groups in total. The largest absolute Gasteiger partial charge is 0.486 e. The Morgan fingerprint density at radius 2 is 1.83 bits per heavy atom.